The molecule has 0 bridgehead atoms. The molecular formula is C21H21ClNOTi. The Balaban J connectivity index is 0.00000109. The number of hydrogen-bond acceptors (Lipinski definition) is 2. The van der Waals surface area contributed by atoms with Crippen molar-refractivity contribution < 1.29 is 24.5 Å². The van der Waals surface area contributed by atoms with Gasteiger partial charge < -0.3 is 5.11 Å². The number of halogens is 1. The standard InChI is InChI=1S/C21H21NO.ClH.Ti/c1-21(2,3)18-12-6-10-16(20(18)23)14-22-19-13-7-9-15-8-4-5-11-17(15)19;;/h4-14,23H,1-3H3;1H;/q;;+1/p-1. The Labute approximate surface area is 164 Å². The van der Waals surface area contributed by atoms with E-state index in [4.69, 9.17) is 0 Å². The Morgan fingerprint density at radius 2 is 1.56 bits per heavy atom. The van der Waals surface area contributed by atoms with Crippen molar-refractivity contribution in [3.05, 3.63) is 71.8 Å². The van der Waals surface area contributed by atoms with Crippen molar-refractivity contribution in [3.63, 3.8) is 0 Å². The van der Waals surface area contributed by atoms with Crippen LogP contribution in [0.4, 0.5) is 5.69 Å². The molecule has 3 rings (SSSR count). The number of phenolic OH excluding ortho intramolecular Hbond substituents is 1. The van der Waals surface area contributed by atoms with Crippen LogP contribution in [-0.4, -0.2) is 11.3 Å². The van der Waals surface area contributed by atoms with Crippen LogP contribution in [0.5, 0.6) is 5.75 Å². The summed E-state index contributed by atoms with van der Waals surface area (Å²) in [6.07, 6.45) is 1.74. The number of phenols is 1. The van der Waals surface area contributed by atoms with Gasteiger partial charge >= 0.3 is 28.7 Å². The van der Waals surface area contributed by atoms with Gasteiger partial charge in [0, 0.05) is 17.2 Å². The van der Waals surface area contributed by atoms with E-state index in [1.165, 1.54) is 19.4 Å². The molecule has 0 atom stereocenters. The second-order valence-corrected chi connectivity index (χ2v) is 6.75. The minimum atomic E-state index is -0.104. The van der Waals surface area contributed by atoms with Crippen LogP contribution in [0, 0.1) is 0 Å². The Hall–Kier alpha value is -1.61. The van der Waals surface area contributed by atoms with E-state index in [0.29, 0.717) is 5.75 Å². The number of benzene rings is 3. The predicted molar refractivity (Wildman–Crippen MR) is 104 cm³/mol. The molecule has 2 nitrogen and oxygen atoms in total. The predicted octanol–water partition coefficient (Wildman–Crippen LogP) is 6.28. The van der Waals surface area contributed by atoms with E-state index < -0.39 is 0 Å². The van der Waals surface area contributed by atoms with Crippen LogP contribution in [0.3, 0.4) is 0 Å². The third-order valence-corrected chi connectivity index (χ3v) is 3.98. The van der Waals surface area contributed by atoms with Gasteiger partial charge in [-0.15, -0.1) is 0 Å². The van der Waals surface area contributed by atoms with Gasteiger partial charge in [-0.25, -0.2) is 0 Å². The van der Waals surface area contributed by atoms with Crippen LogP contribution < -0.4 is 0 Å². The van der Waals surface area contributed by atoms with Crippen LogP contribution in [0.15, 0.2) is 65.7 Å². The van der Waals surface area contributed by atoms with Crippen molar-refractivity contribution in [2.75, 3.05) is 0 Å². The average molecular weight is 387 g/mol. The van der Waals surface area contributed by atoms with Gasteiger partial charge in [-0.05, 0) is 28.5 Å². The third-order valence-electron chi connectivity index (χ3n) is 3.98. The SMILES string of the molecule is CC(C)(C)c1cccc(C=Nc2cccc3ccccc23)c1O.[Cl][Ti]. The van der Waals surface area contributed by atoms with Gasteiger partial charge in [-0.1, -0.05) is 69.3 Å². The molecule has 3 aromatic carbocycles. The molecule has 0 heterocycles. The summed E-state index contributed by atoms with van der Waals surface area (Å²) in [4.78, 5) is 4.60. The third kappa shape index (κ3) is 4.73. The zero-order valence-corrected chi connectivity index (χ0v) is 16.9. The molecule has 0 aromatic heterocycles. The van der Waals surface area contributed by atoms with Crippen LogP contribution in [0.25, 0.3) is 10.8 Å². The number of aliphatic imine (C=N–C) groups is 1. The molecule has 0 radical (unpaired) electrons. The van der Waals surface area contributed by atoms with Crippen LogP contribution >= 0.6 is 9.30 Å². The molecule has 3 aromatic rings. The Kier molecular flexibility index (Phi) is 6.83. The Morgan fingerprint density at radius 3 is 2.28 bits per heavy atom. The summed E-state index contributed by atoms with van der Waals surface area (Å²) < 4.78 is 0. The first kappa shape index (κ1) is 19.7. The monoisotopic (exact) mass is 386 g/mol. The van der Waals surface area contributed by atoms with Crippen LogP contribution in [0.1, 0.15) is 31.9 Å². The van der Waals surface area contributed by atoms with Gasteiger partial charge in [0.15, 0.2) is 0 Å². The van der Waals surface area contributed by atoms with Gasteiger partial charge in [-0.2, -0.15) is 0 Å². The molecule has 4 heteroatoms. The topological polar surface area (TPSA) is 32.6 Å². The molecule has 0 fully saturated rings. The van der Waals surface area contributed by atoms with Crippen LogP contribution in [0.2, 0.25) is 0 Å². The van der Waals surface area contributed by atoms with E-state index in [1.54, 1.807) is 6.21 Å². The van der Waals surface area contributed by atoms with E-state index in [9.17, 15) is 5.11 Å². The van der Waals surface area contributed by atoms with Crippen molar-refractivity contribution in [2.45, 2.75) is 26.2 Å². The number of aromatic hydroxyl groups is 1. The van der Waals surface area contributed by atoms with E-state index in [1.807, 2.05) is 42.5 Å². The summed E-state index contributed by atoms with van der Waals surface area (Å²) >= 11 is 1.47. The summed E-state index contributed by atoms with van der Waals surface area (Å²) in [6, 6.07) is 20.1. The Morgan fingerprint density at radius 1 is 0.920 bits per heavy atom. The first-order chi connectivity index (χ1) is 12.0. The number of para-hydroxylation sites is 1. The van der Waals surface area contributed by atoms with Gasteiger partial charge in [0.25, 0.3) is 0 Å². The molecule has 0 unspecified atom stereocenters. The second kappa shape index (κ2) is 8.66. The number of fused-ring (bicyclic) bond motifs is 1. The molecular weight excluding hydrogens is 366 g/mol. The number of nitrogens with zero attached hydrogens (tertiary/aromatic N) is 1. The quantitative estimate of drug-likeness (QED) is 0.408. The summed E-state index contributed by atoms with van der Waals surface area (Å²) in [5.41, 5.74) is 2.47. The van der Waals surface area contributed by atoms with Crippen molar-refractivity contribution in [1.82, 2.24) is 0 Å². The Bertz CT molecular complexity index is 879. The maximum absolute atomic E-state index is 10.5. The molecule has 25 heavy (non-hydrogen) atoms. The maximum atomic E-state index is 10.5. The second-order valence-electron chi connectivity index (χ2n) is 6.75. The fraction of sp³-hybridized carbons (Fsp3) is 0.190. The van der Waals surface area contributed by atoms with E-state index >= 15 is 0 Å². The van der Waals surface area contributed by atoms with Gasteiger partial charge in [0.05, 0.1) is 5.69 Å². The first-order valence-corrected chi connectivity index (χ1v) is 10.1. The van der Waals surface area contributed by atoms with Gasteiger partial charge in [0.2, 0.25) is 0 Å². The van der Waals surface area contributed by atoms with Crippen molar-refractivity contribution >= 4 is 32.0 Å². The molecule has 0 spiro atoms. The molecule has 0 amide bonds. The number of hydrogen-bond donors (Lipinski definition) is 1. The fourth-order valence-corrected chi connectivity index (χ4v) is 2.73. The average Bonchev–Trinajstić information content (AvgIpc) is 2.61. The minimum absolute atomic E-state index is 0.104. The van der Waals surface area contributed by atoms with Crippen molar-refractivity contribution in [3.8, 4) is 5.75 Å². The zero-order valence-electron chi connectivity index (χ0n) is 14.6. The zero-order chi connectivity index (χ0) is 18.4. The molecule has 0 aliphatic heterocycles. The molecule has 1 N–H and O–H groups in total. The number of rotatable bonds is 2. The van der Waals surface area contributed by atoms with E-state index in [-0.39, 0.29) is 5.41 Å². The molecule has 0 saturated heterocycles. The molecule has 127 valence electrons. The van der Waals surface area contributed by atoms with Crippen LogP contribution in [-0.2, 0) is 24.8 Å². The normalized spacial score (nSPS) is 11.3. The molecule has 0 aliphatic carbocycles. The molecule has 0 aliphatic rings. The summed E-state index contributed by atoms with van der Waals surface area (Å²) in [7, 11) is 4.64. The van der Waals surface area contributed by atoms with Crippen molar-refractivity contribution in [2.24, 2.45) is 4.99 Å². The first-order valence-electron chi connectivity index (χ1n) is 8.00. The summed E-state index contributed by atoms with van der Waals surface area (Å²) in [6.45, 7) is 6.27. The molecule has 0 saturated carbocycles. The van der Waals surface area contributed by atoms with Gasteiger partial charge in [0.1, 0.15) is 5.75 Å². The van der Waals surface area contributed by atoms with Gasteiger partial charge in [-0.3, -0.25) is 4.99 Å². The van der Waals surface area contributed by atoms with E-state index in [2.05, 4.69) is 53.3 Å². The summed E-state index contributed by atoms with van der Waals surface area (Å²) in [5, 5.41) is 12.8. The fourth-order valence-electron chi connectivity index (χ4n) is 2.73. The van der Waals surface area contributed by atoms with Crippen molar-refractivity contribution in [1.29, 1.82) is 0 Å². The summed E-state index contributed by atoms with van der Waals surface area (Å²) in [5.74, 6) is 0.309. The van der Waals surface area contributed by atoms with E-state index in [0.717, 1.165) is 27.6 Å².